The molecule has 7 nitrogen and oxygen atoms in total. The summed E-state index contributed by atoms with van der Waals surface area (Å²) in [4.78, 5) is 33.5. The quantitative estimate of drug-likeness (QED) is 0.491. The summed E-state index contributed by atoms with van der Waals surface area (Å²) in [5.41, 5.74) is 3.33. The average Bonchev–Trinajstić information content (AvgIpc) is 3.16. The van der Waals surface area contributed by atoms with E-state index in [9.17, 15) is 9.59 Å². The minimum Gasteiger partial charge on any atom is -0.436 e. The number of nitrogens with zero attached hydrogens (tertiary/aromatic N) is 2. The van der Waals surface area contributed by atoms with Gasteiger partial charge in [0.15, 0.2) is 5.58 Å². The Morgan fingerprint density at radius 1 is 1.07 bits per heavy atom. The fourth-order valence-electron chi connectivity index (χ4n) is 2.71. The summed E-state index contributed by atoms with van der Waals surface area (Å²) >= 11 is 1.08. The predicted molar refractivity (Wildman–Crippen MR) is 110 cm³/mol. The molecule has 0 aliphatic heterocycles. The van der Waals surface area contributed by atoms with Crippen LogP contribution in [0.5, 0.6) is 0 Å². The molecule has 0 aliphatic carbocycles. The van der Waals surface area contributed by atoms with Crippen molar-refractivity contribution in [1.29, 1.82) is 0 Å². The summed E-state index contributed by atoms with van der Waals surface area (Å²) < 4.78 is 8.34. The van der Waals surface area contributed by atoms with Crippen LogP contribution in [0, 0.1) is 6.92 Å². The number of benzene rings is 2. The lowest BCUT2D eigenvalue weighted by atomic mass is 10.1. The molecule has 2 heterocycles. The number of amides is 3. The van der Waals surface area contributed by atoms with Crippen molar-refractivity contribution in [2.24, 2.45) is 0 Å². The largest absolute Gasteiger partial charge is 0.436 e. The SMILES string of the molecule is Cc1ccccc1C(=O)NC(=O)NSc1ccc2oc(-c3cccnc3)nc2c1. The molecule has 0 atom stereocenters. The number of carbonyl (C=O) groups is 2. The smallest absolute Gasteiger partial charge is 0.331 e. The number of rotatable bonds is 4. The first kappa shape index (κ1) is 18.7. The number of aryl methyl sites for hydroxylation is 1. The number of aromatic nitrogens is 2. The first-order valence-corrected chi connectivity index (χ1v) is 9.56. The van der Waals surface area contributed by atoms with E-state index in [1.54, 1.807) is 42.7 Å². The molecule has 3 amide bonds. The number of hydrogen-bond acceptors (Lipinski definition) is 6. The molecule has 0 unspecified atom stereocenters. The Labute approximate surface area is 170 Å². The third kappa shape index (κ3) is 4.27. The first-order chi connectivity index (χ1) is 14.1. The van der Waals surface area contributed by atoms with Crippen LogP contribution in [0.4, 0.5) is 4.79 Å². The van der Waals surface area contributed by atoms with Gasteiger partial charge in [-0.15, -0.1) is 0 Å². The lowest BCUT2D eigenvalue weighted by molar-refractivity contribution is 0.0965. The molecule has 0 radical (unpaired) electrons. The van der Waals surface area contributed by atoms with Gasteiger partial charge in [-0.3, -0.25) is 19.8 Å². The zero-order valence-corrected chi connectivity index (χ0v) is 16.2. The van der Waals surface area contributed by atoms with Crippen LogP contribution < -0.4 is 10.0 Å². The van der Waals surface area contributed by atoms with Crippen molar-refractivity contribution < 1.29 is 14.0 Å². The molecule has 0 spiro atoms. The molecule has 0 aliphatic rings. The van der Waals surface area contributed by atoms with Crippen LogP contribution in [-0.4, -0.2) is 21.9 Å². The molecular formula is C21H16N4O3S. The Bertz CT molecular complexity index is 1190. The maximum absolute atomic E-state index is 12.2. The van der Waals surface area contributed by atoms with E-state index >= 15 is 0 Å². The maximum Gasteiger partial charge on any atom is 0.331 e. The van der Waals surface area contributed by atoms with E-state index in [2.05, 4.69) is 20.0 Å². The average molecular weight is 404 g/mol. The highest BCUT2D eigenvalue weighted by atomic mass is 32.2. The van der Waals surface area contributed by atoms with E-state index < -0.39 is 11.9 Å². The second-order valence-corrected chi connectivity index (χ2v) is 7.07. The van der Waals surface area contributed by atoms with Gasteiger partial charge in [0.25, 0.3) is 5.91 Å². The molecule has 4 aromatic rings. The van der Waals surface area contributed by atoms with Crippen molar-refractivity contribution in [3.8, 4) is 11.5 Å². The third-order valence-electron chi connectivity index (χ3n) is 4.15. The zero-order chi connectivity index (χ0) is 20.2. The van der Waals surface area contributed by atoms with Gasteiger partial charge in [-0.1, -0.05) is 18.2 Å². The van der Waals surface area contributed by atoms with Crippen molar-refractivity contribution in [3.63, 3.8) is 0 Å². The van der Waals surface area contributed by atoms with Crippen molar-refractivity contribution in [2.75, 3.05) is 0 Å². The van der Waals surface area contributed by atoms with E-state index in [0.29, 0.717) is 22.6 Å². The number of fused-ring (bicyclic) bond motifs is 1. The van der Waals surface area contributed by atoms with E-state index in [-0.39, 0.29) is 0 Å². The Hall–Kier alpha value is -3.65. The molecule has 0 bridgehead atoms. The van der Waals surface area contributed by atoms with Crippen molar-refractivity contribution >= 4 is 35.0 Å². The number of imide groups is 1. The van der Waals surface area contributed by atoms with Crippen LogP contribution in [0.25, 0.3) is 22.6 Å². The van der Waals surface area contributed by atoms with Gasteiger partial charge < -0.3 is 4.42 Å². The highest BCUT2D eigenvalue weighted by molar-refractivity contribution is 7.98. The highest BCUT2D eigenvalue weighted by Gasteiger charge is 2.13. The molecular weight excluding hydrogens is 388 g/mol. The summed E-state index contributed by atoms with van der Waals surface area (Å²) in [5.74, 6) is 0.0269. The Balaban J connectivity index is 1.41. The van der Waals surface area contributed by atoms with Gasteiger partial charge >= 0.3 is 6.03 Å². The van der Waals surface area contributed by atoms with Crippen LogP contribution in [0.3, 0.4) is 0 Å². The molecule has 4 rings (SSSR count). The monoisotopic (exact) mass is 404 g/mol. The van der Waals surface area contributed by atoms with Crippen LogP contribution in [0.2, 0.25) is 0 Å². The number of nitrogens with one attached hydrogen (secondary N) is 2. The van der Waals surface area contributed by atoms with Crippen LogP contribution in [0.1, 0.15) is 15.9 Å². The zero-order valence-electron chi connectivity index (χ0n) is 15.4. The van der Waals surface area contributed by atoms with E-state index in [0.717, 1.165) is 28.0 Å². The molecule has 2 N–H and O–H groups in total. The summed E-state index contributed by atoms with van der Waals surface area (Å²) in [7, 11) is 0. The molecule has 2 aromatic carbocycles. The topological polar surface area (TPSA) is 97.1 Å². The second-order valence-electron chi connectivity index (χ2n) is 6.19. The highest BCUT2D eigenvalue weighted by Crippen LogP contribution is 2.26. The fourth-order valence-corrected chi connectivity index (χ4v) is 3.28. The van der Waals surface area contributed by atoms with Gasteiger partial charge in [0.2, 0.25) is 5.89 Å². The first-order valence-electron chi connectivity index (χ1n) is 8.75. The number of hydrogen-bond donors (Lipinski definition) is 2. The van der Waals surface area contributed by atoms with Gasteiger partial charge in [-0.25, -0.2) is 9.78 Å². The molecule has 8 heteroatoms. The van der Waals surface area contributed by atoms with E-state index in [1.165, 1.54) is 0 Å². The van der Waals surface area contributed by atoms with Gasteiger partial charge in [0, 0.05) is 22.9 Å². The predicted octanol–water partition coefficient (Wildman–Crippen LogP) is 4.34. The number of pyridine rings is 1. The number of urea groups is 1. The Kier molecular flexibility index (Phi) is 5.26. The molecule has 0 fully saturated rings. The van der Waals surface area contributed by atoms with Gasteiger partial charge in [-0.05, 0) is 60.8 Å². The van der Waals surface area contributed by atoms with Crippen LogP contribution in [-0.2, 0) is 0 Å². The van der Waals surface area contributed by atoms with Crippen molar-refractivity contribution in [1.82, 2.24) is 20.0 Å². The summed E-state index contributed by atoms with van der Waals surface area (Å²) in [5, 5.41) is 2.32. The Morgan fingerprint density at radius 2 is 1.93 bits per heavy atom. The molecule has 0 saturated carbocycles. The maximum atomic E-state index is 12.2. The lowest BCUT2D eigenvalue weighted by Crippen LogP contribution is -2.36. The number of carbonyl (C=O) groups excluding carboxylic acids is 2. The minimum atomic E-state index is -0.598. The second kappa shape index (κ2) is 8.15. The lowest BCUT2D eigenvalue weighted by Gasteiger charge is -2.07. The third-order valence-corrected chi connectivity index (χ3v) is 4.92. The minimum absolute atomic E-state index is 0.450. The standard InChI is InChI=1S/C21H16N4O3S/c1-13-5-2-3-7-16(13)19(26)24-21(27)25-29-15-8-9-18-17(11-15)23-20(28-18)14-6-4-10-22-12-14/h2-12H,1H3,(H2,24,25,26,27). The molecule has 2 aromatic heterocycles. The van der Waals surface area contributed by atoms with Gasteiger partial charge in [0.05, 0.1) is 5.56 Å². The van der Waals surface area contributed by atoms with Crippen LogP contribution in [0.15, 0.2) is 76.3 Å². The van der Waals surface area contributed by atoms with E-state index in [4.69, 9.17) is 4.42 Å². The fraction of sp³-hybridized carbons (Fsp3) is 0.0476. The summed E-state index contributed by atoms with van der Waals surface area (Å²) in [6.07, 6.45) is 3.36. The molecule has 0 saturated heterocycles. The van der Waals surface area contributed by atoms with Gasteiger partial charge in [-0.2, -0.15) is 0 Å². The van der Waals surface area contributed by atoms with Crippen molar-refractivity contribution in [3.05, 3.63) is 78.1 Å². The molecule has 29 heavy (non-hydrogen) atoms. The molecule has 144 valence electrons. The van der Waals surface area contributed by atoms with E-state index in [1.807, 2.05) is 31.2 Å². The van der Waals surface area contributed by atoms with Gasteiger partial charge in [0.1, 0.15) is 5.52 Å². The Morgan fingerprint density at radius 3 is 2.72 bits per heavy atom. The van der Waals surface area contributed by atoms with Crippen LogP contribution >= 0.6 is 11.9 Å². The number of oxazole rings is 1. The summed E-state index contributed by atoms with van der Waals surface area (Å²) in [6, 6.07) is 15.5. The van der Waals surface area contributed by atoms with Crippen molar-refractivity contribution in [2.45, 2.75) is 11.8 Å². The summed E-state index contributed by atoms with van der Waals surface area (Å²) in [6.45, 7) is 1.81. The normalized spacial score (nSPS) is 10.7.